The molecule has 1 aromatic heterocycles. The van der Waals surface area contributed by atoms with Gasteiger partial charge >= 0.3 is 6.01 Å². The third-order valence-electron chi connectivity index (χ3n) is 2.51. The smallest absolute Gasteiger partial charge is 0.317 e. The van der Waals surface area contributed by atoms with Crippen molar-refractivity contribution in [2.75, 3.05) is 25.5 Å². The Kier molecular flexibility index (Phi) is 5.29. The second-order valence-corrected chi connectivity index (χ2v) is 5.43. The van der Waals surface area contributed by atoms with Gasteiger partial charge in [-0.3, -0.25) is 4.79 Å². The molecule has 1 rings (SSSR count). The van der Waals surface area contributed by atoms with Crippen LogP contribution in [0.3, 0.4) is 0 Å². The van der Waals surface area contributed by atoms with Gasteiger partial charge in [-0.15, -0.1) is 5.10 Å². The lowest BCUT2D eigenvalue weighted by atomic mass is 10.1. The van der Waals surface area contributed by atoms with Crippen molar-refractivity contribution < 1.29 is 9.21 Å². The lowest BCUT2D eigenvalue weighted by Gasteiger charge is -2.18. The number of carbonyl (C=O) groups excluding carboxylic acids is 1. The van der Waals surface area contributed by atoms with Crippen molar-refractivity contribution in [1.29, 1.82) is 0 Å². The maximum Gasteiger partial charge on any atom is 0.317 e. The molecule has 108 valence electrons. The SMILES string of the molecule is CNC(=O)CCN(C)c1nnc(CNC(C)(C)C)o1. The Labute approximate surface area is 113 Å². The second-order valence-electron chi connectivity index (χ2n) is 5.43. The average Bonchev–Trinajstić information content (AvgIpc) is 2.81. The Bertz CT molecular complexity index is 410. The second kappa shape index (κ2) is 6.51. The van der Waals surface area contributed by atoms with Crippen LogP contribution in [0.1, 0.15) is 33.1 Å². The highest BCUT2D eigenvalue weighted by atomic mass is 16.4. The zero-order valence-electron chi connectivity index (χ0n) is 12.3. The minimum absolute atomic E-state index is 0.000248. The molecule has 7 nitrogen and oxygen atoms in total. The minimum atomic E-state index is -0.0130. The predicted molar refractivity (Wildman–Crippen MR) is 72.8 cm³/mol. The number of carbonyl (C=O) groups is 1. The van der Waals surface area contributed by atoms with E-state index in [2.05, 4.69) is 41.6 Å². The van der Waals surface area contributed by atoms with E-state index in [0.29, 0.717) is 31.4 Å². The summed E-state index contributed by atoms with van der Waals surface area (Å²) in [6, 6.07) is 0.426. The van der Waals surface area contributed by atoms with E-state index in [1.807, 2.05) is 7.05 Å². The van der Waals surface area contributed by atoms with Gasteiger partial charge in [0, 0.05) is 32.6 Å². The topological polar surface area (TPSA) is 83.3 Å². The molecule has 0 radical (unpaired) electrons. The van der Waals surface area contributed by atoms with Gasteiger partial charge in [-0.05, 0) is 20.8 Å². The number of hydrogen-bond donors (Lipinski definition) is 2. The van der Waals surface area contributed by atoms with Crippen LogP contribution >= 0.6 is 0 Å². The zero-order valence-corrected chi connectivity index (χ0v) is 12.3. The molecule has 0 fully saturated rings. The van der Waals surface area contributed by atoms with Gasteiger partial charge < -0.3 is 20.0 Å². The molecule has 0 saturated heterocycles. The number of hydrogen-bond acceptors (Lipinski definition) is 6. The van der Waals surface area contributed by atoms with E-state index in [9.17, 15) is 4.79 Å². The van der Waals surface area contributed by atoms with Gasteiger partial charge in [0.15, 0.2) is 0 Å². The first-order valence-electron chi connectivity index (χ1n) is 6.31. The number of nitrogens with zero attached hydrogens (tertiary/aromatic N) is 3. The Hall–Kier alpha value is -1.63. The molecule has 0 atom stereocenters. The summed E-state index contributed by atoms with van der Waals surface area (Å²) in [5, 5.41) is 13.8. The van der Waals surface area contributed by atoms with Crippen LogP contribution in [0, 0.1) is 0 Å². The maximum atomic E-state index is 11.2. The van der Waals surface area contributed by atoms with Gasteiger partial charge in [-0.2, -0.15) is 0 Å². The summed E-state index contributed by atoms with van der Waals surface area (Å²) < 4.78 is 5.52. The molecule has 0 unspecified atom stereocenters. The Morgan fingerprint density at radius 2 is 2.05 bits per heavy atom. The largest absolute Gasteiger partial charge is 0.407 e. The summed E-state index contributed by atoms with van der Waals surface area (Å²) in [6.07, 6.45) is 0.394. The molecular weight excluding hydrogens is 246 g/mol. The minimum Gasteiger partial charge on any atom is -0.407 e. The normalized spacial score (nSPS) is 11.4. The number of aromatic nitrogens is 2. The first kappa shape index (κ1) is 15.4. The molecule has 2 N–H and O–H groups in total. The summed E-state index contributed by atoms with van der Waals surface area (Å²) in [7, 11) is 3.43. The molecule has 0 aliphatic carbocycles. The average molecular weight is 269 g/mol. The molecule has 0 bridgehead atoms. The van der Waals surface area contributed by atoms with Crippen molar-refractivity contribution >= 4 is 11.9 Å². The van der Waals surface area contributed by atoms with Gasteiger partial charge in [-0.1, -0.05) is 5.10 Å². The van der Waals surface area contributed by atoms with Crippen LogP contribution < -0.4 is 15.5 Å². The quantitative estimate of drug-likeness (QED) is 0.784. The van der Waals surface area contributed by atoms with Gasteiger partial charge in [-0.25, -0.2) is 0 Å². The van der Waals surface area contributed by atoms with E-state index in [1.54, 1.807) is 11.9 Å². The highest BCUT2D eigenvalue weighted by molar-refractivity contribution is 5.76. The molecule has 19 heavy (non-hydrogen) atoms. The fourth-order valence-corrected chi connectivity index (χ4v) is 1.30. The highest BCUT2D eigenvalue weighted by Crippen LogP contribution is 2.11. The summed E-state index contributed by atoms with van der Waals surface area (Å²) >= 11 is 0. The van der Waals surface area contributed by atoms with Crippen LogP contribution in [0.25, 0.3) is 0 Å². The Morgan fingerprint density at radius 1 is 1.37 bits per heavy atom. The van der Waals surface area contributed by atoms with E-state index in [-0.39, 0.29) is 11.4 Å². The fourth-order valence-electron chi connectivity index (χ4n) is 1.30. The van der Waals surface area contributed by atoms with E-state index < -0.39 is 0 Å². The molecule has 0 aromatic carbocycles. The van der Waals surface area contributed by atoms with Gasteiger partial charge in [0.25, 0.3) is 0 Å². The summed E-state index contributed by atoms with van der Waals surface area (Å²) in [5.74, 6) is 0.526. The molecule has 0 saturated carbocycles. The fraction of sp³-hybridized carbons (Fsp3) is 0.750. The molecular formula is C12H23N5O2. The van der Waals surface area contributed by atoms with E-state index in [4.69, 9.17) is 4.42 Å². The van der Waals surface area contributed by atoms with E-state index >= 15 is 0 Å². The van der Waals surface area contributed by atoms with Crippen LogP contribution in [0.4, 0.5) is 6.01 Å². The Morgan fingerprint density at radius 3 is 2.63 bits per heavy atom. The van der Waals surface area contributed by atoms with Gasteiger partial charge in [0.1, 0.15) is 0 Å². The summed E-state index contributed by atoms with van der Waals surface area (Å²) in [6.45, 7) is 7.27. The van der Waals surface area contributed by atoms with Crippen molar-refractivity contribution in [1.82, 2.24) is 20.8 Å². The number of anilines is 1. The summed E-state index contributed by atoms with van der Waals surface area (Å²) in [4.78, 5) is 12.9. The summed E-state index contributed by atoms with van der Waals surface area (Å²) in [5.41, 5.74) is -0.000248. The Balaban J connectivity index is 2.47. The van der Waals surface area contributed by atoms with Gasteiger partial charge in [0.2, 0.25) is 11.8 Å². The number of amides is 1. The van der Waals surface area contributed by atoms with Gasteiger partial charge in [0.05, 0.1) is 6.54 Å². The van der Waals surface area contributed by atoms with Crippen LogP contribution in [-0.4, -0.2) is 42.3 Å². The lowest BCUT2D eigenvalue weighted by Crippen LogP contribution is -2.35. The molecule has 1 amide bonds. The van der Waals surface area contributed by atoms with Crippen molar-refractivity contribution in [2.24, 2.45) is 0 Å². The van der Waals surface area contributed by atoms with Crippen molar-refractivity contribution in [3.05, 3.63) is 5.89 Å². The van der Waals surface area contributed by atoms with E-state index in [1.165, 1.54) is 0 Å². The number of nitrogens with one attached hydrogen (secondary N) is 2. The van der Waals surface area contributed by atoms with Crippen molar-refractivity contribution in [3.8, 4) is 0 Å². The highest BCUT2D eigenvalue weighted by Gasteiger charge is 2.14. The molecule has 1 aromatic rings. The predicted octanol–water partition coefficient (Wildman–Crippen LogP) is 0.530. The van der Waals surface area contributed by atoms with E-state index in [0.717, 1.165) is 0 Å². The van der Waals surface area contributed by atoms with Crippen molar-refractivity contribution in [3.63, 3.8) is 0 Å². The standard InChI is InChI=1S/C12H23N5O2/c1-12(2,3)14-8-10-15-16-11(19-10)17(5)7-6-9(18)13-4/h14H,6-8H2,1-5H3,(H,13,18). The molecule has 0 spiro atoms. The lowest BCUT2D eigenvalue weighted by molar-refractivity contribution is -0.120. The maximum absolute atomic E-state index is 11.2. The first-order chi connectivity index (χ1) is 8.81. The molecule has 0 aliphatic rings. The molecule has 7 heteroatoms. The van der Waals surface area contributed by atoms with Crippen LogP contribution in [0.2, 0.25) is 0 Å². The third kappa shape index (κ3) is 5.69. The molecule has 1 heterocycles. The van der Waals surface area contributed by atoms with Crippen LogP contribution in [0.5, 0.6) is 0 Å². The first-order valence-corrected chi connectivity index (χ1v) is 6.31. The van der Waals surface area contributed by atoms with Crippen molar-refractivity contribution in [2.45, 2.75) is 39.3 Å². The van der Waals surface area contributed by atoms with Crippen LogP contribution in [-0.2, 0) is 11.3 Å². The third-order valence-corrected chi connectivity index (χ3v) is 2.51. The monoisotopic (exact) mass is 269 g/mol. The molecule has 0 aliphatic heterocycles. The number of rotatable bonds is 6. The van der Waals surface area contributed by atoms with Crippen LogP contribution in [0.15, 0.2) is 4.42 Å². The zero-order chi connectivity index (χ0) is 14.5.